The maximum absolute atomic E-state index is 11.3. The van der Waals surface area contributed by atoms with Crippen LogP contribution < -0.4 is 5.43 Å². The van der Waals surface area contributed by atoms with Crippen LogP contribution in [-0.4, -0.2) is 11.6 Å². The molecule has 3 rings (SSSR count). The molecule has 2 unspecified atom stereocenters. The number of benzene rings is 1. The Morgan fingerprint density at radius 3 is 3.12 bits per heavy atom. The van der Waals surface area contributed by atoms with Crippen LogP contribution in [0.15, 0.2) is 29.4 Å². The lowest BCUT2D eigenvalue weighted by Crippen LogP contribution is -2.28. The second-order valence-corrected chi connectivity index (χ2v) is 4.11. The van der Waals surface area contributed by atoms with Crippen molar-refractivity contribution in [2.45, 2.75) is 6.42 Å². The first-order chi connectivity index (χ1) is 7.79. The SMILES string of the molecule is N#Cc1cccc(C2=NNC(=O)C3CC23)c1. The first-order valence-electron chi connectivity index (χ1n) is 5.17. The zero-order valence-corrected chi connectivity index (χ0v) is 8.47. The third-order valence-electron chi connectivity index (χ3n) is 3.05. The average Bonchev–Trinajstić information content (AvgIpc) is 3.10. The van der Waals surface area contributed by atoms with Crippen molar-refractivity contribution in [1.29, 1.82) is 5.26 Å². The summed E-state index contributed by atoms with van der Waals surface area (Å²) in [7, 11) is 0. The molecular formula is C12H9N3O. The van der Waals surface area contributed by atoms with Crippen molar-refractivity contribution in [2.24, 2.45) is 16.9 Å². The molecule has 4 nitrogen and oxygen atoms in total. The monoisotopic (exact) mass is 211 g/mol. The minimum Gasteiger partial charge on any atom is -0.273 e. The molecule has 4 heteroatoms. The van der Waals surface area contributed by atoms with E-state index < -0.39 is 0 Å². The predicted octanol–water partition coefficient (Wildman–Crippen LogP) is 1.03. The summed E-state index contributed by atoms with van der Waals surface area (Å²) in [4.78, 5) is 11.3. The van der Waals surface area contributed by atoms with E-state index >= 15 is 0 Å². The number of amides is 1. The van der Waals surface area contributed by atoms with E-state index in [2.05, 4.69) is 16.6 Å². The maximum atomic E-state index is 11.3. The summed E-state index contributed by atoms with van der Waals surface area (Å²) in [6.07, 6.45) is 0.876. The Labute approximate surface area is 92.6 Å². The molecule has 1 aliphatic heterocycles. The molecule has 1 aromatic rings. The molecule has 1 amide bonds. The highest BCUT2D eigenvalue weighted by molar-refractivity contribution is 6.09. The lowest BCUT2D eigenvalue weighted by molar-refractivity contribution is -0.122. The zero-order valence-electron chi connectivity index (χ0n) is 8.47. The Balaban J connectivity index is 1.99. The van der Waals surface area contributed by atoms with Crippen LogP contribution >= 0.6 is 0 Å². The van der Waals surface area contributed by atoms with Gasteiger partial charge in [-0.05, 0) is 24.1 Å². The summed E-state index contributed by atoms with van der Waals surface area (Å²) in [5.74, 6) is 0.367. The summed E-state index contributed by atoms with van der Waals surface area (Å²) in [6, 6.07) is 9.43. The molecule has 0 radical (unpaired) electrons. The number of nitrogens with zero attached hydrogens (tertiary/aromatic N) is 2. The minimum absolute atomic E-state index is 0.0187. The molecule has 78 valence electrons. The van der Waals surface area contributed by atoms with Gasteiger partial charge in [-0.15, -0.1) is 0 Å². The number of rotatable bonds is 1. The summed E-state index contributed by atoms with van der Waals surface area (Å²) >= 11 is 0. The normalized spacial score (nSPS) is 26.2. The number of nitriles is 1. The van der Waals surface area contributed by atoms with Crippen LogP contribution in [0.3, 0.4) is 0 Å². The van der Waals surface area contributed by atoms with E-state index in [0.717, 1.165) is 17.7 Å². The molecule has 0 spiro atoms. The van der Waals surface area contributed by atoms with Gasteiger partial charge in [0.1, 0.15) is 0 Å². The molecule has 0 aromatic heterocycles. The van der Waals surface area contributed by atoms with E-state index in [-0.39, 0.29) is 17.7 Å². The maximum Gasteiger partial charge on any atom is 0.243 e. The average molecular weight is 211 g/mol. The highest BCUT2D eigenvalue weighted by atomic mass is 16.2. The van der Waals surface area contributed by atoms with Gasteiger partial charge in [-0.3, -0.25) is 4.79 Å². The standard InChI is InChI=1S/C12H9N3O/c13-6-7-2-1-3-8(4-7)11-9-5-10(9)12(16)15-14-11/h1-4,9-10H,5H2,(H,15,16). The van der Waals surface area contributed by atoms with Gasteiger partial charge in [0.25, 0.3) is 0 Å². The number of carbonyl (C=O) groups excluding carboxylic acids is 1. The lowest BCUT2D eigenvalue weighted by Gasteiger charge is -2.11. The van der Waals surface area contributed by atoms with Gasteiger partial charge in [0.05, 0.1) is 17.3 Å². The molecule has 1 N–H and O–H groups in total. The van der Waals surface area contributed by atoms with Crippen molar-refractivity contribution >= 4 is 11.6 Å². The lowest BCUT2D eigenvalue weighted by atomic mass is 10.0. The molecule has 2 atom stereocenters. The Kier molecular flexibility index (Phi) is 1.80. The van der Waals surface area contributed by atoms with Crippen LogP contribution in [-0.2, 0) is 4.79 Å². The number of hydrazone groups is 1. The number of hydrogen-bond donors (Lipinski definition) is 1. The Bertz CT molecular complexity index is 541. The second-order valence-electron chi connectivity index (χ2n) is 4.11. The Morgan fingerprint density at radius 2 is 2.31 bits per heavy atom. The van der Waals surface area contributed by atoms with Gasteiger partial charge in [0, 0.05) is 11.8 Å². The molecule has 1 fully saturated rings. The highest BCUT2D eigenvalue weighted by Crippen LogP contribution is 2.43. The summed E-state index contributed by atoms with van der Waals surface area (Å²) < 4.78 is 0. The van der Waals surface area contributed by atoms with Gasteiger partial charge in [-0.2, -0.15) is 10.4 Å². The third kappa shape index (κ3) is 1.29. The van der Waals surface area contributed by atoms with Crippen LogP contribution in [0.1, 0.15) is 17.5 Å². The summed E-state index contributed by atoms with van der Waals surface area (Å²) in [6.45, 7) is 0. The van der Waals surface area contributed by atoms with Crippen molar-refractivity contribution in [1.82, 2.24) is 5.43 Å². The van der Waals surface area contributed by atoms with E-state index in [1.807, 2.05) is 18.2 Å². The van der Waals surface area contributed by atoms with Gasteiger partial charge in [-0.1, -0.05) is 12.1 Å². The molecule has 1 saturated carbocycles. The van der Waals surface area contributed by atoms with Crippen LogP contribution in [0, 0.1) is 23.2 Å². The van der Waals surface area contributed by atoms with Crippen molar-refractivity contribution in [3.8, 4) is 6.07 Å². The van der Waals surface area contributed by atoms with E-state index in [1.54, 1.807) is 6.07 Å². The van der Waals surface area contributed by atoms with E-state index in [9.17, 15) is 4.79 Å². The van der Waals surface area contributed by atoms with Crippen LogP contribution in [0.25, 0.3) is 0 Å². The molecular weight excluding hydrogens is 202 g/mol. The van der Waals surface area contributed by atoms with Gasteiger partial charge >= 0.3 is 0 Å². The van der Waals surface area contributed by atoms with Gasteiger partial charge in [0.2, 0.25) is 5.91 Å². The fourth-order valence-corrected chi connectivity index (χ4v) is 2.09. The van der Waals surface area contributed by atoms with E-state index in [0.29, 0.717) is 5.56 Å². The molecule has 0 bridgehead atoms. The fourth-order valence-electron chi connectivity index (χ4n) is 2.09. The van der Waals surface area contributed by atoms with E-state index in [4.69, 9.17) is 5.26 Å². The third-order valence-corrected chi connectivity index (χ3v) is 3.05. The van der Waals surface area contributed by atoms with Crippen LogP contribution in [0.5, 0.6) is 0 Å². The largest absolute Gasteiger partial charge is 0.273 e. The minimum atomic E-state index is 0.0187. The second kappa shape index (κ2) is 3.17. The van der Waals surface area contributed by atoms with Gasteiger partial charge in [0.15, 0.2) is 0 Å². The Hall–Kier alpha value is -2.15. The summed E-state index contributed by atoms with van der Waals surface area (Å²) in [5.41, 5.74) is 4.99. The fraction of sp³-hybridized carbons (Fsp3) is 0.250. The topological polar surface area (TPSA) is 65.2 Å². The van der Waals surface area contributed by atoms with Crippen molar-refractivity contribution in [3.05, 3.63) is 35.4 Å². The van der Waals surface area contributed by atoms with E-state index in [1.165, 1.54) is 0 Å². The molecule has 16 heavy (non-hydrogen) atoms. The predicted molar refractivity (Wildman–Crippen MR) is 57.4 cm³/mol. The number of nitrogens with one attached hydrogen (secondary N) is 1. The quantitative estimate of drug-likeness (QED) is 0.753. The van der Waals surface area contributed by atoms with Crippen LogP contribution in [0.2, 0.25) is 0 Å². The molecule has 1 heterocycles. The molecule has 0 saturated heterocycles. The molecule has 1 aromatic carbocycles. The molecule has 2 aliphatic rings. The van der Waals surface area contributed by atoms with Crippen LogP contribution in [0.4, 0.5) is 0 Å². The molecule has 1 aliphatic carbocycles. The van der Waals surface area contributed by atoms with Gasteiger partial charge in [-0.25, -0.2) is 5.43 Å². The summed E-state index contributed by atoms with van der Waals surface area (Å²) in [5, 5.41) is 12.9. The first kappa shape index (κ1) is 9.10. The zero-order chi connectivity index (χ0) is 11.1. The highest BCUT2D eigenvalue weighted by Gasteiger charge is 2.49. The van der Waals surface area contributed by atoms with Crippen molar-refractivity contribution in [3.63, 3.8) is 0 Å². The number of hydrogen-bond acceptors (Lipinski definition) is 3. The Morgan fingerprint density at radius 1 is 1.44 bits per heavy atom. The van der Waals surface area contributed by atoms with Crippen molar-refractivity contribution in [2.75, 3.05) is 0 Å². The smallest absolute Gasteiger partial charge is 0.243 e. The first-order valence-corrected chi connectivity index (χ1v) is 5.17. The number of fused-ring (bicyclic) bond motifs is 1. The number of carbonyl (C=O) groups is 1. The van der Waals surface area contributed by atoms with Gasteiger partial charge < -0.3 is 0 Å². The van der Waals surface area contributed by atoms with Crippen molar-refractivity contribution < 1.29 is 4.79 Å².